The maximum Gasteiger partial charge on any atom is 0.210 e. The fourth-order valence-electron chi connectivity index (χ4n) is 3.22. The maximum atomic E-state index is 13.4. The van der Waals surface area contributed by atoms with Crippen LogP contribution in [0, 0.1) is 6.92 Å². The molecule has 6 heteroatoms. The smallest absolute Gasteiger partial charge is 0.210 e. The Hall–Kier alpha value is -3.77. The molecule has 0 atom stereocenters. The summed E-state index contributed by atoms with van der Waals surface area (Å²) < 4.78 is 32.3. The number of hydrogen-bond donors (Lipinski definition) is 0. The van der Waals surface area contributed by atoms with E-state index >= 15 is 0 Å². The first-order valence-corrected chi connectivity index (χ1v) is 11.0. The number of ketones is 1. The molecule has 4 rings (SSSR count). The van der Waals surface area contributed by atoms with Gasteiger partial charge >= 0.3 is 0 Å². The third kappa shape index (κ3) is 3.98. The summed E-state index contributed by atoms with van der Waals surface area (Å²) in [7, 11) is -4.19. The predicted molar refractivity (Wildman–Crippen MR) is 120 cm³/mol. The van der Waals surface area contributed by atoms with E-state index in [-0.39, 0.29) is 16.0 Å². The van der Waals surface area contributed by atoms with Crippen LogP contribution in [0.2, 0.25) is 0 Å². The van der Waals surface area contributed by atoms with Gasteiger partial charge in [0.05, 0.1) is 15.8 Å². The zero-order chi connectivity index (χ0) is 22.0. The molecular weight excluding hydrogens is 412 g/mol. The summed E-state index contributed by atoms with van der Waals surface area (Å²) in [5.74, 6) is -0.701. The molecule has 4 aromatic rings. The van der Waals surface area contributed by atoms with Crippen LogP contribution in [0.25, 0.3) is 17.0 Å². The number of rotatable bonds is 5. The minimum atomic E-state index is -4.19. The van der Waals surface area contributed by atoms with Crippen LogP contribution in [0.4, 0.5) is 0 Å². The molecule has 0 amide bonds. The highest BCUT2D eigenvalue weighted by Crippen LogP contribution is 2.25. The Kier molecular flexibility index (Phi) is 5.40. The normalized spacial score (nSPS) is 12.1. The Labute approximate surface area is 179 Å². The number of aryl methyl sites for hydroxylation is 1. The average Bonchev–Trinajstić information content (AvgIpc) is 2.79. The van der Waals surface area contributed by atoms with Gasteiger partial charge in [-0.05, 0) is 37.3 Å². The summed E-state index contributed by atoms with van der Waals surface area (Å²) in [6.07, 6.45) is 2.28. The number of hydrogen-bond acceptors (Lipinski definition) is 5. The monoisotopic (exact) mass is 430 g/mol. The number of fused-ring (bicyclic) bond motifs is 1. The molecule has 0 aliphatic rings. The molecular formula is C25H18O5S. The Morgan fingerprint density at radius 2 is 1.55 bits per heavy atom. The molecule has 0 aliphatic heterocycles. The first-order valence-electron chi connectivity index (χ1n) is 9.52. The van der Waals surface area contributed by atoms with Gasteiger partial charge in [0.2, 0.25) is 15.6 Å². The third-order valence-corrected chi connectivity index (χ3v) is 6.62. The zero-order valence-electron chi connectivity index (χ0n) is 16.6. The van der Waals surface area contributed by atoms with Gasteiger partial charge in [0.1, 0.15) is 16.8 Å². The molecule has 0 saturated carbocycles. The summed E-state index contributed by atoms with van der Waals surface area (Å²) in [6, 6.07) is 20.9. The molecule has 31 heavy (non-hydrogen) atoms. The van der Waals surface area contributed by atoms with Crippen molar-refractivity contribution < 1.29 is 17.6 Å². The fourth-order valence-corrected chi connectivity index (χ4v) is 4.64. The van der Waals surface area contributed by atoms with E-state index in [1.54, 1.807) is 48.5 Å². The van der Waals surface area contributed by atoms with E-state index in [1.165, 1.54) is 30.5 Å². The van der Waals surface area contributed by atoms with Gasteiger partial charge in [0.15, 0.2) is 5.43 Å². The molecule has 0 bridgehead atoms. The number of Topliss-reactive ketones (excluding diaryl/α,β-unsaturated/α-hetero) is 1. The largest absolute Gasteiger partial charge is 0.463 e. The van der Waals surface area contributed by atoms with Crippen LogP contribution in [0.3, 0.4) is 0 Å². The van der Waals surface area contributed by atoms with Crippen LogP contribution in [-0.4, -0.2) is 14.2 Å². The number of allylic oxidation sites excluding steroid dienone is 1. The number of sulfone groups is 1. The van der Waals surface area contributed by atoms with Crippen LogP contribution < -0.4 is 5.43 Å². The Bertz CT molecular complexity index is 1470. The highest BCUT2D eigenvalue weighted by Gasteiger charge is 2.28. The first kappa shape index (κ1) is 20.5. The molecule has 0 unspecified atom stereocenters. The molecule has 154 valence electrons. The molecule has 3 aromatic carbocycles. The van der Waals surface area contributed by atoms with Gasteiger partial charge in [-0.25, -0.2) is 8.42 Å². The standard InChI is InChI=1S/C25H18O5S/c1-17-12-13-22-21(14-17)24(26)19(16-30-22)15-23(25(27)18-8-4-2-5-9-18)31(28,29)20-10-6-3-7-11-20/h2-16H,1H3/b23-15+. The maximum absolute atomic E-state index is 13.4. The van der Waals surface area contributed by atoms with Crippen molar-refractivity contribution in [3.05, 3.63) is 117 Å². The lowest BCUT2D eigenvalue weighted by Gasteiger charge is -2.09. The van der Waals surface area contributed by atoms with E-state index in [1.807, 2.05) is 13.0 Å². The van der Waals surface area contributed by atoms with E-state index < -0.39 is 26.0 Å². The van der Waals surface area contributed by atoms with Gasteiger partial charge in [-0.1, -0.05) is 60.2 Å². The van der Waals surface area contributed by atoms with Crippen LogP contribution in [0.1, 0.15) is 21.5 Å². The van der Waals surface area contributed by atoms with Crippen molar-refractivity contribution in [3.63, 3.8) is 0 Å². The highest BCUT2D eigenvalue weighted by molar-refractivity contribution is 7.96. The van der Waals surface area contributed by atoms with Crippen LogP contribution in [0.15, 0.2) is 104 Å². The molecule has 5 nitrogen and oxygen atoms in total. The predicted octanol–water partition coefficient (Wildman–Crippen LogP) is 4.80. The van der Waals surface area contributed by atoms with Crippen LogP contribution in [0.5, 0.6) is 0 Å². The number of carbonyl (C=O) groups excluding carboxylic acids is 1. The lowest BCUT2D eigenvalue weighted by molar-refractivity contribution is 0.104. The summed E-state index contributed by atoms with van der Waals surface area (Å²) >= 11 is 0. The summed E-state index contributed by atoms with van der Waals surface area (Å²) in [4.78, 5) is 25.7. The van der Waals surface area contributed by atoms with E-state index in [9.17, 15) is 18.0 Å². The van der Waals surface area contributed by atoms with E-state index in [2.05, 4.69) is 0 Å². The lowest BCUT2D eigenvalue weighted by atomic mass is 10.1. The molecule has 0 fully saturated rings. The van der Waals surface area contributed by atoms with Crippen molar-refractivity contribution in [2.75, 3.05) is 0 Å². The van der Waals surface area contributed by atoms with Crippen molar-refractivity contribution in [3.8, 4) is 0 Å². The van der Waals surface area contributed by atoms with Gasteiger partial charge in [-0.2, -0.15) is 0 Å². The molecule has 0 N–H and O–H groups in total. The fraction of sp³-hybridized carbons (Fsp3) is 0.0400. The average molecular weight is 430 g/mol. The second-order valence-electron chi connectivity index (χ2n) is 7.04. The number of carbonyl (C=O) groups is 1. The van der Waals surface area contributed by atoms with Gasteiger partial charge in [0.25, 0.3) is 0 Å². The molecule has 0 aliphatic carbocycles. The molecule has 1 aromatic heterocycles. The minimum Gasteiger partial charge on any atom is -0.463 e. The van der Waals surface area contributed by atoms with E-state index in [0.29, 0.717) is 11.0 Å². The van der Waals surface area contributed by atoms with Crippen LogP contribution in [-0.2, 0) is 9.84 Å². The van der Waals surface area contributed by atoms with E-state index in [4.69, 9.17) is 4.42 Å². The lowest BCUT2D eigenvalue weighted by Crippen LogP contribution is -2.16. The highest BCUT2D eigenvalue weighted by atomic mass is 32.2. The van der Waals surface area contributed by atoms with Gasteiger partial charge in [-0.3, -0.25) is 9.59 Å². The van der Waals surface area contributed by atoms with Crippen molar-refractivity contribution in [1.29, 1.82) is 0 Å². The topological polar surface area (TPSA) is 81.4 Å². The van der Waals surface area contributed by atoms with Crippen LogP contribution >= 0.6 is 0 Å². The van der Waals surface area contributed by atoms with Crippen molar-refractivity contribution in [2.45, 2.75) is 11.8 Å². The molecule has 1 heterocycles. The molecule has 0 spiro atoms. The second-order valence-corrected chi connectivity index (χ2v) is 8.96. The summed E-state index contributed by atoms with van der Waals surface area (Å²) in [5.41, 5.74) is 1.02. The summed E-state index contributed by atoms with van der Waals surface area (Å²) in [6.45, 7) is 1.84. The first-order chi connectivity index (χ1) is 14.9. The van der Waals surface area contributed by atoms with Gasteiger partial charge in [0, 0.05) is 5.56 Å². The summed E-state index contributed by atoms with van der Waals surface area (Å²) in [5, 5.41) is 0.317. The Morgan fingerprint density at radius 1 is 0.903 bits per heavy atom. The van der Waals surface area contributed by atoms with Gasteiger partial charge < -0.3 is 4.42 Å². The quantitative estimate of drug-likeness (QED) is 0.336. The van der Waals surface area contributed by atoms with Crippen molar-refractivity contribution >= 4 is 32.7 Å². The minimum absolute atomic E-state index is 0.0168. The number of benzene rings is 3. The Balaban J connectivity index is 1.96. The van der Waals surface area contributed by atoms with Crippen molar-refractivity contribution in [1.82, 2.24) is 0 Å². The third-order valence-electron chi connectivity index (χ3n) is 4.84. The van der Waals surface area contributed by atoms with Gasteiger partial charge in [-0.15, -0.1) is 0 Å². The zero-order valence-corrected chi connectivity index (χ0v) is 17.4. The Morgan fingerprint density at radius 3 is 2.23 bits per heavy atom. The molecule has 0 saturated heterocycles. The molecule has 0 radical (unpaired) electrons. The van der Waals surface area contributed by atoms with E-state index in [0.717, 1.165) is 11.6 Å². The second kappa shape index (κ2) is 8.16. The van der Waals surface area contributed by atoms with Crippen molar-refractivity contribution in [2.24, 2.45) is 0 Å². The SMILES string of the molecule is Cc1ccc2occ(/C=C(\C(=O)c3ccccc3)S(=O)(=O)c3ccccc3)c(=O)c2c1.